The minimum atomic E-state index is -0.422. The molecule has 0 radical (unpaired) electrons. The molecule has 80 valence electrons. The van der Waals surface area contributed by atoms with E-state index in [1.54, 1.807) is 13.1 Å². The zero-order valence-corrected chi connectivity index (χ0v) is 8.59. The molecule has 2 N–H and O–H groups in total. The first-order valence-corrected chi connectivity index (χ1v) is 4.94. The van der Waals surface area contributed by atoms with Gasteiger partial charge in [-0.1, -0.05) is 0 Å². The van der Waals surface area contributed by atoms with Crippen LogP contribution in [-0.4, -0.2) is 25.9 Å². The number of pyridine rings is 1. The average Bonchev–Trinajstić information content (AvgIpc) is 2.56. The lowest BCUT2D eigenvalue weighted by Crippen LogP contribution is -2.10. The molecule has 2 heterocycles. The molecule has 0 fully saturated rings. The van der Waals surface area contributed by atoms with Gasteiger partial charge in [0.25, 0.3) is 0 Å². The van der Waals surface area contributed by atoms with Crippen molar-refractivity contribution in [1.82, 2.24) is 9.55 Å². The number of hydrogen-bond acceptors (Lipinski definition) is 3. The predicted octanol–water partition coefficient (Wildman–Crippen LogP) is 0.909. The lowest BCUT2D eigenvalue weighted by Gasteiger charge is -2.06. The number of aliphatic hydroxyl groups is 2. The Morgan fingerprint density at radius 1 is 1.53 bits per heavy atom. The summed E-state index contributed by atoms with van der Waals surface area (Å²) >= 11 is 0. The second-order valence-electron chi connectivity index (χ2n) is 3.69. The van der Waals surface area contributed by atoms with Gasteiger partial charge in [0.05, 0.1) is 12.7 Å². The molecule has 0 bridgehead atoms. The molecule has 1 unspecified atom stereocenters. The van der Waals surface area contributed by atoms with Crippen LogP contribution < -0.4 is 0 Å². The van der Waals surface area contributed by atoms with Crippen molar-refractivity contribution in [3.63, 3.8) is 0 Å². The average molecular weight is 206 g/mol. The molecule has 0 amide bonds. The summed E-state index contributed by atoms with van der Waals surface area (Å²) in [5.74, 6) is 0. The highest BCUT2D eigenvalue weighted by atomic mass is 16.3. The maximum atomic E-state index is 9.34. The van der Waals surface area contributed by atoms with Crippen molar-refractivity contribution in [2.45, 2.75) is 26.2 Å². The fraction of sp³-hybridized carbons (Fsp3) is 0.364. The van der Waals surface area contributed by atoms with E-state index in [1.165, 1.54) is 0 Å². The number of nitrogens with zero attached hydrogens (tertiary/aromatic N) is 2. The molecule has 0 aliphatic heterocycles. The van der Waals surface area contributed by atoms with Gasteiger partial charge in [-0.2, -0.15) is 0 Å². The standard InChI is InChI=1S/C11H14N2O2/c1-8(15)5-13-6-9(7-14)10-3-2-4-12-11(10)13/h2-4,6,8,14-15H,5,7H2,1H3. The number of hydrogen-bond donors (Lipinski definition) is 2. The molecular weight excluding hydrogens is 192 g/mol. The summed E-state index contributed by atoms with van der Waals surface area (Å²) in [7, 11) is 0. The molecule has 15 heavy (non-hydrogen) atoms. The minimum Gasteiger partial charge on any atom is -0.392 e. The van der Waals surface area contributed by atoms with Crippen LogP contribution >= 0.6 is 0 Å². The summed E-state index contributed by atoms with van der Waals surface area (Å²) in [4.78, 5) is 4.24. The monoisotopic (exact) mass is 206 g/mol. The second-order valence-corrected chi connectivity index (χ2v) is 3.69. The number of fused-ring (bicyclic) bond motifs is 1. The summed E-state index contributed by atoms with van der Waals surface area (Å²) in [6.07, 6.45) is 3.13. The Morgan fingerprint density at radius 3 is 3.00 bits per heavy atom. The molecule has 0 aliphatic rings. The molecule has 2 aromatic rings. The third kappa shape index (κ3) is 1.86. The van der Waals surface area contributed by atoms with Gasteiger partial charge in [0.15, 0.2) is 0 Å². The maximum absolute atomic E-state index is 9.34. The van der Waals surface area contributed by atoms with Crippen LogP contribution in [0, 0.1) is 0 Å². The van der Waals surface area contributed by atoms with Crippen LogP contribution in [0.25, 0.3) is 11.0 Å². The molecule has 0 spiro atoms. The Kier molecular flexibility index (Phi) is 2.70. The lowest BCUT2D eigenvalue weighted by molar-refractivity contribution is 0.175. The summed E-state index contributed by atoms with van der Waals surface area (Å²) in [5.41, 5.74) is 1.65. The van der Waals surface area contributed by atoms with E-state index in [-0.39, 0.29) is 6.61 Å². The smallest absolute Gasteiger partial charge is 0.140 e. The molecule has 1 atom stereocenters. The highest BCUT2D eigenvalue weighted by Crippen LogP contribution is 2.19. The topological polar surface area (TPSA) is 58.3 Å². The number of aromatic nitrogens is 2. The van der Waals surface area contributed by atoms with Crippen LogP contribution in [0.15, 0.2) is 24.5 Å². The van der Waals surface area contributed by atoms with E-state index < -0.39 is 6.10 Å². The summed E-state index contributed by atoms with van der Waals surface area (Å²) in [6.45, 7) is 2.22. The molecule has 0 aliphatic carbocycles. The van der Waals surface area contributed by atoms with Crippen molar-refractivity contribution < 1.29 is 10.2 Å². The minimum absolute atomic E-state index is 0.00496. The summed E-state index contributed by atoms with van der Waals surface area (Å²) < 4.78 is 1.87. The van der Waals surface area contributed by atoms with Crippen LogP contribution in [0.1, 0.15) is 12.5 Å². The fourth-order valence-electron chi connectivity index (χ4n) is 1.75. The van der Waals surface area contributed by atoms with Crippen molar-refractivity contribution >= 4 is 11.0 Å². The van der Waals surface area contributed by atoms with Gasteiger partial charge in [0.1, 0.15) is 5.65 Å². The van der Waals surface area contributed by atoms with E-state index in [4.69, 9.17) is 0 Å². The van der Waals surface area contributed by atoms with E-state index in [1.807, 2.05) is 22.9 Å². The lowest BCUT2D eigenvalue weighted by atomic mass is 10.2. The first-order valence-electron chi connectivity index (χ1n) is 4.94. The van der Waals surface area contributed by atoms with E-state index in [9.17, 15) is 10.2 Å². The van der Waals surface area contributed by atoms with Gasteiger partial charge in [0.2, 0.25) is 0 Å². The Morgan fingerprint density at radius 2 is 2.33 bits per heavy atom. The first-order chi connectivity index (χ1) is 7.22. The molecule has 4 nitrogen and oxygen atoms in total. The molecule has 0 saturated carbocycles. The van der Waals surface area contributed by atoms with Crippen LogP contribution in [0.2, 0.25) is 0 Å². The maximum Gasteiger partial charge on any atom is 0.140 e. The Labute approximate surface area is 87.8 Å². The van der Waals surface area contributed by atoms with Gasteiger partial charge in [0, 0.05) is 29.9 Å². The quantitative estimate of drug-likeness (QED) is 0.784. The number of aliphatic hydroxyl groups excluding tert-OH is 2. The molecular formula is C11H14N2O2. The van der Waals surface area contributed by atoms with Crippen molar-refractivity contribution in [1.29, 1.82) is 0 Å². The summed E-state index contributed by atoms with van der Waals surface area (Å²) in [5, 5.41) is 19.5. The van der Waals surface area contributed by atoms with Gasteiger partial charge in [-0.25, -0.2) is 4.98 Å². The van der Waals surface area contributed by atoms with Crippen molar-refractivity contribution in [2.24, 2.45) is 0 Å². The first kappa shape index (κ1) is 10.1. The second kappa shape index (κ2) is 4.00. The Hall–Kier alpha value is -1.39. The van der Waals surface area contributed by atoms with Gasteiger partial charge < -0.3 is 14.8 Å². The largest absolute Gasteiger partial charge is 0.392 e. The van der Waals surface area contributed by atoms with Crippen molar-refractivity contribution in [3.8, 4) is 0 Å². The highest BCUT2D eigenvalue weighted by Gasteiger charge is 2.09. The Bertz CT molecular complexity index is 463. The molecule has 0 saturated heterocycles. The molecule has 4 heteroatoms. The van der Waals surface area contributed by atoms with Crippen LogP contribution in [0.3, 0.4) is 0 Å². The van der Waals surface area contributed by atoms with Gasteiger partial charge in [-0.3, -0.25) is 0 Å². The van der Waals surface area contributed by atoms with Crippen molar-refractivity contribution in [2.75, 3.05) is 0 Å². The third-order valence-electron chi connectivity index (χ3n) is 2.35. The van der Waals surface area contributed by atoms with Gasteiger partial charge in [-0.15, -0.1) is 0 Å². The SMILES string of the molecule is CC(O)Cn1cc(CO)c2cccnc21. The van der Waals surface area contributed by atoms with E-state index in [2.05, 4.69) is 4.98 Å². The van der Waals surface area contributed by atoms with Crippen LogP contribution in [0.4, 0.5) is 0 Å². The van der Waals surface area contributed by atoms with E-state index >= 15 is 0 Å². The van der Waals surface area contributed by atoms with Crippen LogP contribution in [0.5, 0.6) is 0 Å². The van der Waals surface area contributed by atoms with Gasteiger partial charge >= 0.3 is 0 Å². The fourth-order valence-corrected chi connectivity index (χ4v) is 1.75. The highest BCUT2D eigenvalue weighted by molar-refractivity contribution is 5.80. The Balaban J connectivity index is 2.55. The summed E-state index contributed by atoms with van der Waals surface area (Å²) in [6, 6.07) is 3.76. The van der Waals surface area contributed by atoms with Gasteiger partial charge in [-0.05, 0) is 19.1 Å². The zero-order valence-electron chi connectivity index (χ0n) is 8.59. The molecule has 2 aromatic heterocycles. The molecule has 0 aromatic carbocycles. The third-order valence-corrected chi connectivity index (χ3v) is 2.35. The zero-order chi connectivity index (χ0) is 10.8. The molecule has 2 rings (SSSR count). The van der Waals surface area contributed by atoms with Crippen LogP contribution in [-0.2, 0) is 13.2 Å². The normalized spacial score (nSPS) is 13.3. The van der Waals surface area contributed by atoms with Crippen molar-refractivity contribution in [3.05, 3.63) is 30.1 Å². The van der Waals surface area contributed by atoms with E-state index in [0.717, 1.165) is 16.6 Å². The van der Waals surface area contributed by atoms with E-state index in [0.29, 0.717) is 6.54 Å². The predicted molar refractivity (Wildman–Crippen MR) is 57.3 cm³/mol. The number of rotatable bonds is 3.